The van der Waals surface area contributed by atoms with Crippen LogP contribution in [0.5, 0.6) is 5.75 Å². The first-order valence-corrected chi connectivity index (χ1v) is 6.70. The Bertz CT molecular complexity index is 536. The molecule has 1 aromatic carbocycles. The fourth-order valence-corrected chi connectivity index (χ4v) is 2.43. The van der Waals surface area contributed by atoms with Crippen LogP contribution in [0.15, 0.2) is 18.2 Å². The van der Waals surface area contributed by atoms with Gasteiger partial charge in [-0.25, -0.2) is 4.79 Å². The van der Waals surface area contributed by atoms with Crippen LogP contribution in [0.1, 0.15) is 24.5 Å². The van der Waals surface area contributed by atoms with Crippen molar-refractivity contribution in [3.8, 4) is 11.8 Å². The Hall–Kier alpha value is -2.22. The normalized spacial score (nSPS) is 17.8. The van der Waals surface area contributed by atoms with Crippen molar-refractivity contribution >= 4 is 6.09 Å². The third kappa shape index (κ3) is 2.85. The van der Waals surface area contributed by atoms with Gasteiger partial charge in [0.15, 0.2) is 0 Å². The van der Waals surface area contributed by atoms with E-state index in [0.717, 1.165) is 17.7 Å². The van der Waals surface area contributed by atoms with Crippen LogP contribution in [0.2, 0.25) is 0 Å². The minimum atomic E-state index is -0.257. The van der Waals surface area contributed by atoms with Crippen LogP contribution in [0.25, 0.3) is 0 Å². The van der Waals surface area contributed by atoms with Crippen LogP contribution in [0.4, 0.5) is 4.79 Å². The maximum atomic E-state index is 11.7. The van der Waals surface area contributed by atoms with E-state index in [9.17, 15) is 4.79 Å². The number of benzene rings is 1. The molecule has 1 heterocycles. The van der Waals surface area contributed by atoms with Gasteiger partial charge in [0, 0.05) is 6.54 Å². The Morgan fingerprint density at radius 2 is 2.35 bits per heavy atom. The van der Waals surface area contributed by atoms with Gasteiger partial charge in [0.25, 0.3) is 0 Å². The predicted molar refractivity (Wildman–Crippen MR) is 73.5 cm³/mol. The van der Waals surface area contributed by atoms with Crippen LogP contribution >= 0.6 is 0 Å². The van der Waals surface area contributed by atoms with Crippen molar-refractivity contribution in [2.24, 2.45) is 0 Å². The smallest absolute Gasteiger partial charge is 0.410 e. The fraction of sp³-hybridized carbons (Fsp3) is 0.467. The Kier molecular flexibility index (Phi) is 4.46. The molecule has 106 valence electrons. The molecule has 0 aromatic heterocycles. The molecule has 0 spiro atoms. The predicted octanol–water partition coefficient (Wildman–Crippen LogP) is 2.34. The van der Waals surface area contributed by atoms with Gasteiger partial charge >= 0.3 is 6.09 Å². The van der Waals surface area contributed by atoms with Crippen molar-refractivity contribution in [3.63, 3.8) is 0 Å². The Morgan fingerprint density at radius 3 is 3.00 bits per heavy atom. The maximum absolute atomic E-state index is 11.7. The molecule has 0 radical (unpaired) electrons. The molecule has 5 nitrogen and oxygen atoms in total. The molecule has 0 N–H and O–H groups in total. The lowest BCUT2D eigenvalue weighted by Gasteiger charge is -2.21. The minimum Gasteiger partial charge on any atom is -0.496 e. The summed E-state index contributed by atoms with van der Waals surface area (Å²) in [6.07, 6.45) is 1.26. The van der Waals surface area contributed by atoms with Crippen molar-refractivity contribution in [2.75, 3.05) is 20.3 Å². The average molecular weight is 274 g/mol. The standard InChI is InChI=1S/C15H18N2O3/c1-3-6-17-13(10-20-15(17)18)8-12-7-11(9-16)4-5-14(12)19-2/h4-5,7,13H,3,6,8,10H2,1-2H3/t13-/m0/s1. The summed E-state index contributed by atoms with van der Waals surface area (Å²) in [7, 11) is 1.60. The maximum Gasteiger partial charge on any atom is 0.410 e. The summed E-state index contributed by atoms with van der Waals surface area (Å²) in [6, 6.07) is 7.45. The highest BCUT2D eigenvalue weighted by molar-refractivity contribution is 5.70. The molecule has 1 aliphatic heterocycles. The van der Waals surface area contributed by atoms with Gasteiger partial charge in [-0.2, -0.15) is 5.26 Å². The molecule has 1 fully saturated rings. The number of rotatable bonds is 5. The molecule has 1 atom stereocenters. The lowest BCUT2D eigenvalue weighted by Crippen LogP contribution is -2.35. The van der Waals surface area contributed by atoms with Gasteiger partial charge in [-0.15, -0.1) is 0 Å². The van der Waals surface area contributed by atoms with Crippen LogP contribution in [0, 0.1) is 11.3 Å². The number of carbonyl (C=O) groups is 1. The summed E-state index contributed by atoms with van der Waals surface area (Å²) in [4.78, 5) is 13.4. The van der Waals surface area contributed by atoms with E-state index in [1.807, 2.05) is 13.0 Å². The zero-order chi connectivity index (χ0) is 14.5. The lowest BCUT2D eigenvalue weighted by molar-refractivity contribution is 0.157. The van der Waals surface area contributed by atoms with E-state index in [-0.39, 0.29) is 12.1 Å². The molecule has 1 saturated heterocycles. The van der Waals surface area contributed by atoms with Gasteiger partial charge < -0.3 is 14.4 Å². The van der Waals surface area contributed by atoms with Gasteiger partial charge in [-0.05, 0) is 36.6 Å². The van der Waals surface area contributed by atoms with Gasteiger partial charge in [-0.1, -0.05) is 6.92 Å². The summed E-state index contributed by atoms with van der Waals surface area (Å²) < 4.78 is 10.4. The van der Waals surface area contributed by atoms with E-state index in [2.05, 4.69) is 6.07 Å². The number of methoxy groups -OCH3 is 1. The third-order valence-corrected chi connectivity index (χ3v) is 3.40. The van der Waals surface area contributed by atoms with Crippen molar-refractivity contribution in [1.29, 1.82) is 5.26 Å². The minimum absolute atomic E-state index is 0.00490. The molecule has 2 rings (SSSR count). The molecule has 1 aromatic rings. The number of ether oxygens (including phenoxy) is 2. The van der Waals surface area contributed by atoms with E-state index < -0.39 is 0 Å². The van der Waals surface area contributed by atoms with Gasteiger partial charge in [0.1, 0.15) is 12.4 Å². The number of nitrogens with zero attached hydrogens (tertiary/aromatic N) is 2. The van der Waals surface area contributed by atoms with E-state index in [1.165, 1.54) is 0 Å². The molecular formula is C15H18N2O3. The number of hydrogen-bond acceptors (Lipinski definition) is 4. The lowest BCUT2D eigenvalue weighted by atomic mass is 10.0. The topological polar surface area (TPSA) is 62.6 Å². The molecule has 0 saturated carbocycles. The van der Waals surface area contributed by atoms with Crippen molar-refractivity contribution < 1.29 is 14.3 Å². The number of carbonyl (C=O) groups excluding carboxylic acids is 1. The highest BCUT2D eigenvalue weighted by atomic mass is 16.6. The second-order valence-corrected chi connectivity index (χ2v) is 4.77. The molecule has 5 heteroatoms. The first-order valence-electron chi connectivity index (χ1n) is 6.70. The first-order chi connectivity index (χ1) is 9.69. The molecule has 0 bridgehead atoms. The van der Waals surface area contributed by atoms with Crippen LogP contribution in [0.3, 0.4) is 0 Å². The summed E-state index contributed by atoms with van der Waals surface area (Å²) in [6.45, 7) is 3.10. The van der Waals surface area contributed by atoms with E-state index in [4.69, 9.17) is 14.7 Å². The molecule has 0 unspecified atom stereocenters. The fourth-order valence-electron chi connectivity index (χ4n) is 2.43. The molecule has 1 amide bonds. The first kappa shape index (κ1) is 14.2. The third-order valence-electron chi connectivity index (χ3n) is 3.40. The SMILES string of the molecule is CCCN1C(=O)OC[C@@H]1Cc1cc(C#N)ccc1OC. The zero-order valence-corrected chi connectivity index (χ0v) is 11.8. The molecular weight excluding hydrogens is 256 g/mol. The van der Waals surface area contributed by atoms with E-state index in [0.29, 0.717) is 25.1 Å². The van der Waals surface area contributed by atoms with Crippen molar-refractivity contribution in [1.82, 2.24) is 4.90 Å². The summed E-state index contributed by atoms with van der Waals surface area (Å²) in [5.74, 6) is 0.736. The quantitative estimate of drug-likeness (QED) is 0.826. The average Bonchev–Trinajstić information content (AvgIpc) is 2.80. The Labute approximate surface area is 118 Å². The summed E-state index contributed by atoms with van der Waals surface area (Å²) in [5.41, 5.74) is 1.52. The second kappa shape index (κ2) is 6.29. The highest BCUT2D eigenvalue weighted by Gasteiger charge is 2.32. The largest absolute Gasteiger partial charge is 0.496 e. The Morgan fingerprint density at radius 1 is 1.55 bits per heavy atom. The highest BCUT2D eigenvalue weighted by Crippen LogP contribution is 2.25. The number of nitriles is 1. The number of hydrogen-bond donors (Lipinski definition) is 0. The van der Waals surface area contributed by atoms with Crippen LogP contribution in [-0.2, 0) is 11.2 Å². The zero-order valence-electron chi connectivity index (χ0n) is 11.8. The van der Waals surface area contributed by atoms with Crippen LogP contribution in [-0.4, -0.2) is 37.3 Å². The number of cyclic esters (lactones) is 1. The van der Waals surface area contributed by atoms with Crippen molar-refractivity contribution in [2.45, 2.75) is 25.8 Å². The summed E-state index contributed by atoms with van der Waals surface area (Å²) >= 11 is 0. The molecule has 20 heavy (non-hydrogen) atoms. The number of amides is 1. The molecule has 0 aliphatic carbocycles. The van der Waals surface area contributed by atoms with E-state index in [1.54, 1.807) is 24.1 Å². The van der Waals surface area contributed by atoms with Crippen molar-refractivity contribution in [3.05, 3.63) is 29.3 Å². The Balaban J connectivity index is 2.20. The second-order valence-electron chi connectivity index (χ2n) is 4.77. The van der Waals surface area contributed by atoms with Gasteiger partial charge in [-0.3, -0.25) is 0 Å². The molecule has 1 aliphatic rings. The van der Waals surface area contributed by atoms with E-state index >= 15 is 0 Å². The van der Waals surface area contributed by atoms with Crippen LogP contribution < -0.4 is 4.74 Å². The van der Waals surface area contributed by atoms with Gasteiger partial charge in [0.2, 0.25) is 0 Å². The summed E-state index contributed by atoms with van der Waals surface area (Å²) in [5, 5.41) is 8.98. The van der Waals surface area contributed by atoms with Gasteiger partial charge in [0.05, 0.1) is 24.8 Å². The monoisotopic (exact) mass is 274 g/mol.